The van der Waals surface area contributed by atoms with Crippen LogP contribution in [0.3, 0.4) is 0 Å². The second kappa shape index (κ2) is 8.36. The lowest BCUT2D eigenvalue weighted by atomic mass is 10.2. The number of carbonyl (C=O) groups is 1. The molecule has 0 fully saturated rings. The number of nitrogens with one attached hydrogen (secondary N) is 2. The minimum absolute atomic E-state index is 0.0498. The van der Waals surface area contributed by atoms with Gasteiger partial charge in [0.2, 0.25) is 0 Å². The zero-order valence-electron chi connectivity index (χ0n) is 13.8. The molecule has 0 atom stereocenters. The highest BCUT2D eigenvalue weighted by atomic mass is 35.5. The fourth-order valence-corrected chi connectivity index (χ4v) is 2.21. The summed E-state index contributed by atoms with van der Waals surface area (Å²) < 4.78 is 5.56. The van der Waals surface area contributed by atoms with Crippen molar-refractivity contribution in [2.24, 2.45) is 5.10 Å². The van der Waals surface area contributed by atoms with Crippen molar-refractivity contribution in [3.63, 3.8) is 0 Å². The first kappa shape index (κ1) is 17.8. The molecule has 0 heterocycles. The fourth-order valence-electron chi connectivity index (χ4n) is 1.98. The molecule has 2 rings (SSSR count). The fraction of sp³-hybridized carbons (Fsp3) is 0.222. The Morgan fingerprint density at radius 3 is 2.67 bits per heavy atom. The monoisotopic (exact) mass is 345 g/mol. The smallest absolute Gasteiger partial charge is 0.339 e. The SMILES string of the molecule is Cc1ccccc1NC(=O)NN=Cc1ccc(OC(C)C)c(Cl)c1. The van der Waals surface area contributed by atoms with Gasteiger partial charge in [-0.25, -0.2) is 10.2 Å². The molecule has 2 N–H and O–H groups in total. The Hall–Kier alpha value is -2.53. The first-order valence-electron chi connectivity index (χ1n) is 7.57. The van der Waals surface area contributed by atoms with Gasteiger partial charge < -0.3 is 10.1 Å². The number of hydrogen-bond acceptors (Lipinski definition) is 3. The van der Waals surface area contributed by atoms with Gasteiger partial charge in [0.1, 0.15) is 5.75 Å². The van der Waals surface area contributed by atoms with Crippen molar-refractivity contribution in [3.8, 4) is 5.75 Å². The zero-order valence-corrected chi connectivity index (χ0v) is 14.6. The highest BCUT2D eigenvalue weighted by Crippen LogP contribution is 2.25. The lowest BCUT2D eigenvalue weighted by Crippen LogP contribution is -2.24. The third-order valence-corrected chi connectivity index (χ3v) is 3.39. The molecule has 0 aliphatic carbocycles. The molecule has 2 aromatic rings. The van der Waals surface area contributed by atoms with Gasteiger partial charge in [-0.05, 0) is 56.2 Å². The summed E-state index contributed by atoms with van der Waals surface area (Å²) in [5.74, 6) is 0.620. The zero-order chi connectivity index (χ0) is 17.5. The predicted molar refractivity (Wildman–Crippen MR) is 98.1 cm³/mol. The van der Waals surface area contributed by atoms with Gasteiger partial charge in [0.15, 0.2) is 0 Å². The van der Waals surface area contributed by atoms with E-state index in [1.807, 2.05) is 51.1 Å². The molecule has 0 spiro atoms. The van der Waals surface area contributed by atoms with Crippen LogP contribution in [-0.2, 0) is 0 Å². The molecule has 0 radical (unpaired) electrons. The van der Waals surface area contributed by atoms with E-state index in [4.69, 9.17) is 16.3 Å². The van der Waals surface area contributed by atoms with Crippen molar-refractivity contribution in [1.82, 2.24) is 5.43 Å². The summed E-state index contributed by atoms with van der Waals surface area (Å²) >= 11 is 6.15. The topological polar surface area (TPSA) is 62.7 Å². The van der Waals surface area contributed by atoms with E-state index in [0.29, 0.717) is 10.8 Å². The summed E-state index contributed by atoms with van der Waals surface area (Å²) in [6.45, 7) is 5.78. The standard InChI is InChI=1S/C18H20ClN3O2/c1-12(2)24-17-9-8-14(10-15(17)19)11-20-22-18(23)21-16-7-5-4-6-13(16)3/h4-12H,1-3H3,(H2,21,22,23). The van der Waals surface area contributed by atoms with Crippen LogP contribution in [0.4, 0.5) is 10.5 Å². The van der Waals surface area contributed by atoms with E-state index < -0.39 is 6.03 Å². The number of anilines is 1. The van der Waals surface area contributed by atoms with Gasteiger partial charge in [0.25, 0.3) is 0 Å². The molecule has 0 aliphatic rings. The van der Waals surface area contributed by atoms with Crippen LogP contribution in [0.25, 0.3) is 0 Å². The minimum atomic E-state index is -0.411. The summed E-state index contributed by atoms with van der Waals surface area (Å²) in [4.78, 5) is 11.8. The molecule has 0 unspecified atom stereocenters. The van der Waals surface area contributed by atoms with E-state index in [1.54, 1.807) is 12.1 Å². The van der Waals surface area contributed by atoms with Gasteiger partial charge in [-0.15, -0.1) is 0 Å². The summed E-state index contributed by atoms with van der Waals surface area (Å²) in [7, 11) is 0. The predicted octanol–water partition coefficient (Wildman–Crippen LogP) is 4.59. The highest BCUT2D eigenvalue weighted by Gasteiger charge is 2.05. The van der Waals surface area contributed by atoms with Crippen LogP contribution >= 0.6 is 11.6 Å². The lowest BCUT2D eigenvalue weighted by Gasteiger charge is -2.11. The third-order valence-electron chi connectivity index (χ3n) is 3.09. The summed E-state index contributed by atoms with van der Waals surface area (Å²) in [5, 5.41) is 7.14. The largest absolute Gasteiger partial charge is 0.489 e. The second-order valence-corrected chi connectivity index (χ2v) is 5.90. The van der Waals surface area contributed by atoms with Crippen LogP contribution in [0.2, 0.25) is 5.02 Å². The van der Waals surface area contributed by atoms with Gasteiger partial charge >= 0.3 is 6.03 Å². The van der Waals surface area contributed by atoms with Crippen LogP contribution in [0.1, 0.15) is 25.0 Å². The molecular weight excluding hydrogens is 326 g/mol. The van der Waals surface area contributed by atoms with Gasteiger partial charge in [0.05, 0.1) is 17.3 Å². The van der Waals surface area contributed by atoms with E-state index in [9.17, 15) is 4.79 Å². The first-order valence-corrected chi connectivity index (χ1v) is 7.95. The summed E-state index contributed by atoms with van der Waals surface area (Å²) in [5.41, 5.74) is 4.89. The van der Waals surface area contributed by atoms with Gasteiger partial charge in [-0.3, -0.25) is 0 Å². The van der Waals surface area contributed by atoms with E-state index in [1.165, 1.54) is 6.21 Å². The maximum atomic E-state index is 11.8. The third kappa shape index (κ3) is 5.28. The van der Waals surface area contributed by atoms with Crippen molar-refractivity contribution in [3.05, 3.63) is 58.6 Å². The lowest BCUT2D eigenvalue weighted by molar-refractivity contribution is 0.242. The van der Waals surface area contributed by atoms with Crippen molar-refractivity contribution < 1.29 is 9.53 Å². The Balaban J connectivity index is 1.93. The number of hydrazone groups is 1. The van der Waals surface area contributed by atoms with Gasteiger partial charge in [-0.2, -0.15) is 5.10 Å². The molecule has 0 aliphatic heterocycles. The van der Waals surface area contributed by atoms with Gasteiger partial charge in [0, 0.05) is 5.69 Å². The maximum Gasteiger partial charge on any atom is 0.339 e. The van der Waals surface area contributed by atoms with Crippen molar-refractivity contribution in [2.75, 3.05) is 5.32 Å². The second-order valence-electron chi connectivity index (χ2n) is 5.50. The number of benzene rings is 2. The van der Waals surface area contributed by atoms with Crippen molar-refractivity contribution in [2.45, 2.75) is 26.9 Å². The molecule has 0 saturated carbocycles. The molecule has 0 aromatic heterocycles. The number of halogens is 1. The molecule has 24 heavy (non-hydrogen) atoms. The number of aryl methyl sites for hydroxylation is 1. The van der Waals surface area contributed by atoms with Gasteiger partial charge in [-0.1, -0.05) is 29.8 Å². The molecule has 2 aromatic carbocycles. The summed E-state index contributed by atoms with van der Waals surface area (Å²) in [6.07, 6.45) is 1.57. The van der Waals surface area contributed by atoms with E-state index in [2.05, 4.69) is 15.8 Å². The normalized spacial score (nSPS) is 10.9. The van der Waals surface area contributed by atoms with E-state index in [0.717, 1.165) is 16.8 Å². The molecule has 126 valence electrons. The van der Waals surface area contributed by atoms with Crippen LogP contribution in [0.5, 0.6) is 5.75 Å². The quantitative estimate of drug-likeness (QED) is 0.615. The number of nitrogens with zero attached hydrogens (tertiary/aromatic N) is 1. The molecular formula is C18H20ClN3O2. The molecule has 5 nitrogen and oxygen atoms in total. The molecule has 0 bridgehead atoms. The first-order chi connectivity index (χ1) is 11.5. The number of rotatable bonds is 5. The number of urea groups is 1. The molecule has 0 saturated heterocycles. The van der Waals surface area contributed by atoms with E-state index in [-0.39, 0.29) is 6.10 Å². The van der Waals surface area contributed by atoms with E-state index >= 15 is 0 Å². The van der Waals surface area contributed by atoms with Crippen molar-refractivity contribution in [1.29, 1.82) is 0 Å². The average Bonchev–Trinajstić information content (AvgIpc) is 2.52. The van der Waals surface area contributed by atoms with Crippen LogP contribution in [0.15, 0.2) is 47.6 Å². The molecule has 6 heteroatoms. The van der Waals surface area contributed by atoms with Crippen LogP contribution in [-0.4, -0.2) is 18.3 Å². The Labute approximate surface area is 146 Å². The average molecular weight is 346 g/mol. The van der Waals surface area contributed by atoms with Crippen molar-refractivity contribution >= 4 is 29.5 Å². The Morgan fingerprint density at radius 1 is 1.25 bits per heavy atom. The Bertz CT molecular complexity index is 745. The number of amides is 2. The highest BCUT2D eigenvalue weighted by molar-refractivity contribution is 6.32. The number of carbonyl (C=O) groups excluding carboxylic acids is 1. The maximum absolute atomic E-state index is 11.8. The van der Waals surface area contributed by atoms with Crippen LogP contribution < -0.4 is 15.5 Å². The summed E-state index contributed by atoms with van der Waals surface area (Å²) in [6, 6.07) is 12.4. The Kier molecular flexibility index (Phi) is 6.21. The minimum Gasteiger partial charge on any atom is -0.489 e. The van der Waals surface area contributed by atoms with Crippen LogP contribution in [0, 0.1) is 6.92 Å². The Morgan fingerprint density at radius 2 is 2.00 bits per heavy atom. The number of hydrogen-bond donors (Lipinski definition) is 2. The molecule has 2 amide bonds. The number of para-hydroxylation sites is 1. The number of ether oxygens (including phenoxy) is 1.